The smallest absolute Gasteiger partial charge is 0.256 e. The summed E-state index contributed by atoms with van der Waals surface area (Å²) in [5.41, 5.74) is 6.38. The number of carbonyl (C=O) groups is 1. The van der Waals surface area contributed by atoms with E-state index in [9.17, 15) is 4.79 Å². The van der Waals surface area contributed by atoms with Gasteiger partial charge in [-0.15, -0.1) is 0 Å². The Morgan fingerprint density at radius 2 is 2.12 bits per heavy atom. The molecule has 0 aromatic rings. The van der Waals surface area contributed by atoms with Crippen molar-refractivity contribution in [3.8, 4) is 0 Å². The summed E-state index contributed by atoms with van der Waals surface area (Å²) in [6.45, 7) is 4.20. The first kappa shape index (κ1) is 11.3. The standard InChI is InChI=1S/C11H18N4OS/c1-7-3-5-11(6-4-7)13-12-10-15(14-11)9(16)8(2)17-10/h7-8,13-14H,3-6H2,1-2H3. The minimum atomic E-state index is -0.198. The number of nitrogens with one attached hydrogen (secondary N) is 2. The second kappa shape index (κ2) is 3.88. The quantitative estimate of drug-likeness (QED) is 0.683. The highest BCUT2D eigenvalue weighted by molar-refractivity contribution is 8.15. The van der Waals surface area contributed by atoms with Crippen LogP contribution in [-0.2, 0) is 4.79 Å². The molecule has 0 radical (unpaired) electrons. The first-order chi connectivity index (χ1) is 8.10. The van der Waals surface area contributed by atoms with E-state index in [2.05, 4.69) is 22.9 Å². The third kappa shape index (κ3) is 1.83. The summed E-state index contributed by atoms with van der Waals surface area (Å²) in [7, 11) is 0. The molecular formula is C11H18N4OS. The summed E-state index contributed by atoms with van der Waals surface area (Å²) in [4.78, 5) is 12.0. The monoisotopic (exact) mass is 254 g/mol. The van der Waals surface area contributed by atoms with E-state index in [0.29, 0.717) is 0 Å². The van der Waals surface area contributed by atoms with Gasteiger partial charge in [-0.1, -0.05) is 18.7 Å². The molecule has 0 bridgehead atoms. The molecule has 2 aliphatic heterocycles. The zero-order valence-corrected chi connectivity index (χ0v) is 11.0. The van der Waals surface area contributed by atoms with Crippen LogP contribution in [0.2, 0.25) is 0 Å². The summed E-state index contributed by atoms with van der Waals surface area (Å²) in [5, 5.41) is 6.74. The number of rotatable bonds is 0. The highest BCUT2D eigenvalue weighted by atomic mass is 32.2. The minimum absolute atomic E-state index is 0.0271. The van der Waals surface area contributed by atoms with Gasteiger partial charge in [-0.05, 0) is 38.5 Å². The third-order valence-electron chi connectivity index (χ3n) is 3.86. The third-order valence-corrected chi connectivity index (χ3v) is 4.90. The number of carbonyl (C=O) groups excluding carboxylic acids is 1. The van der Waals surface area contributed by atoms with Crippen LogP contribution in [0.3, 0.4) is 0 Å². The van der Waals surface area contributed by atoms with Crippen molar-refractivity contribution in [2.24, 2.45) is 11.0 Å². The second-order valence-corrected chi connectivity index (χ2v) is 6.62. The highest BCUT2D eigenvalue weighted by Crippen LogP contribution is 2.35. The Kier molecular flexibility index (Phi) is 2.59. The Labute approximate surface area is 105 Å². The van der Waals surface area contributed by atoms with Crippen LogP contribution in [0.5, 0.6) is 0 Å². The molecule has 2 fully saturated rings. The molecule has 0 aromatic heterocycles. The molecule has 94 valence electrons. The van der Waals surface area contributed by atoms with Gasteiger partial charge in [0.15, 0.2) is 0 Å². The molecule has 3 rings (SSSR count). The van der Waals surface area contributed by atoms with E-state index >= 15 is 0 Å². The van der Waals surface area contributed by atoms with Crippen molar-refractivity contribution < 1.29 is 4.79 Å². The van der Waals surface area contributed by atoms with Gasteiger partial charge in [0.2, 0.25) is 5.17 Å². The largest absolute Gasteiger partial charge is 0.286 e. The van der Waals surface area contributed by atoms with Gasteiger partial charge in [-0.2, -0.15) is 10.5 Å². The molecule has 1 spiro atoms. The molecule has 1 saturated carbocycles. The first-order valence-electron chi connectivity index (χ1n) is 6.23. The summed E-state index contributed by atoms with van der Waals surface area (Å²) in [6, 6.07) is 0. The predicted molar refractivity (Wildman–Crippen MR) is 68.0 cm³/mol. The van der Waals surface area contributed by atoms with E-state index in [-0.39, 0.29) is 16.8 Å². The van der Waals surface area contributed by atoms with Crippen LogP contribution in [0.4, 0.5) is 0 Å². The van der Waals surface area contributed by atoms with E-state index in [0.717, 1.165) is 23.9 Å². The number of thioether (sulfide) groups is 1. The Morgan fingerprint density at radius 3 is 2.82 bits per heavy atom. The van der Waals surface area contributed by atoms with Crippen LogP contribution in [0.25, 0.3) is 0 Å². The molecule has 1 amide bonds. The number of nitrogens with zero attached hydrogens (tertiary/aromatic N) is 2. The summed E-state index contributed by atoms with van der Waals surface area (Å²) in [5.74, 6) is 0.894. The lowest BCUT2D eigenvalue weighted by atomic mass is 9.83. The Balaban J connectivity index is 1.79. The van der Waals surface area contributed by atoms with Crippen LogP contribution in [-0.4, -0.2) is 27.0 Å². The summed E-state index contributed by atoms with van der Waals surface area (Å²) >= 11 is 1.51. The van der Waals surface area contributed by atoms with Crippen molar-refractivity contribution in [1.29, 1.82) is 0 Å². The zero-order chi connectivity index (χ0) is 12.0. The van der Waals surface area contributed by atoms with E-state index < -0.39 is 0 Å². The maximum atomic E-state index is 12.0. The highest BCUT2D eigenvalue weighted by Gasteiger charge is 2.45. The van der Waals surface area contributed by atoms with Crippen LogP contribution >= 0.6 is 11.8 Å². The lowest BCUT2D eigenvalue weighted by Crippen LogP contribution is -2.67. The SMILES string of the molecule is CC1CCC2(CC1)NN=C1SC(C)C(=O)N1N2. The van der Waals surface area contributed by atoms with Gasteiger partial charge in [0, 0.05) is 0 Å². The second-order valence-electron chi connectivity index (χ2n) is 5.32. The van der Waals surface area contributed by atoms with Crippen molar-refractivity contribution in [2.45, 2.75) is 50.4 Å². The number of hydrazone groups is 1. The lowest BCUT2D eigenvalue weighted by Gasteiger charge is -2.44. The van der Waals surface area contributed by atoms with E-state index in [1.165, 1.54) is 24.6 Å². The molecule has 3 aliphatic rings. The van der Waals surface area contributed by atoms with Crippen molar-refractivity contribution in [1.82, 2.24) is 15.9 Å². The molecule has 1 saturated heterocycles. The first-order valence-corrected chi connectivity index (χ1v) is 7.11. The van der Waals surface area contributed by atoms with E-state index in [1.54, 1.807) is 5.01 Å². The fraction of sp³-hybridized carbons (Fsp3) is 0.818. The molecule has 0 aromatic carbocycles. The molecule has 1 unspecified atom stereocenters. The molecule has 5 nitrogen and oxygen atoms in total. The topological polar surface area (TPSA) is 56.7 Å². The van der Waals surface area contributed by atoms with Crippen LogP contribution in [0.15, 0.2) is 5.10 Å². The van der Waals surface area contributed by atoms with Gasteiger partial charge in [0.05, 0.1) is 5.25 Å². The summed E-state index contributed by atoms with van der Waals surface area (Å²) < 4.78 is 0. The molecular weight excluding hydrogens is 236 g/mol. The fourth-order valence-electron chi connectivity index (χ4n) is 2.59. The van der Waals surface area contributed by atoms with Gasteiger partial charge >= 0.3 is 0 Å². The molecule has 1 atom stereocenters. The van der Waals surface area contributed by atoms with Crippen molar-refractivity contribution in [3.05, 3.63) is 0 Å². The number of hydrazine groups is 1. The van der Waals surface area contributed by atoms with Gasteiger partial charge in [-0.3, -0.25) is 10.2 Å². The van der Waals surface area contributed by atoms with Crippen molar-refractivity contribution >= 4 is 22.8 Å². The molecule has 2 N–H and O–H groups in total. The van der Waals surface area contributed by atoms with Crippen LogP contribution < -0.4 is 10.9 Å². The molecule has 6 heteroatoms. The van der Waals surface area contributed by atoms with E-state index in [4.69, 9.17) is 0 Å². The number of amides is 1. The number of hydrogen-bond acceptors (Lipinski definition) is 5. The molecule has 17 heavy (non-hydrogen) atoms. The van der Waals surface area contributed by atoms with Gasteiger partial charge in [0.25, 0.3) is 5.91 Å². The lowest BCUT2D eigenvalue weighted by molar-refractivity contribution is -0.131. The van der Waals surface area contributed by atoms with Crippen molar-refractivity contribution in [2.75, 3.05) is 0 Å². The maximum Gasteiger partial charge on any atom is 0.256 e. The normalized spacial score (nSPS) is 41.2. The number of hydrogen-bond donors (Lipinski definition) is 2. The van der Waals surface area contributed by atoms with Gasteiger partial charge in [-0.25, -0.2) is 5.01 Å². The minimum Gasteiger partial charge on any atom is -0.286 e. The zero-order valence-electron chi connectivity index (χ0n) is 10.2. The number of amidine groups is 1. The number of fused-ring (bicyclic) bond motifs is 1. The molecule has 2 heterocycles. The van der Waals surface area contributed by atoms with Crippen LogP contribution in [0, 0.1) is 5.92 Å². The average Bonchev–Trinajstić information content (AvgIpc) is 2.60. The Hall–Kier alpha value is -0.750. The molecule has 1 aliphatic carbocycles. The van der Waals surface area contributed by atoms with Crippen LogP contribution in [0.1, 0.15) is 39.5 Å². The van der Waals surface area contributed by atoms with Gasteiger partial charge < -0.3 is 0 Å². The predicted octanol–water partition coefficient (Wildman–Crippen LogP) is 1.24. The Morgan fingerprint density at radius 1 is 1.41 bits per heavy atom. The van der Waals surface area contributed by atoms with E-state index in [1.807, 2.05) is 6.92 Å². The average molecular weight is 254 g/mol. The summed E-state index contributed by atoms with van der Waals surface area (Å²) in [6.07, 6.45) is 4.40. The van der Waals surface area contributed by atoms with Gasteiger partial charge in [0.1, 0.15) is 5.66 Å². The Bertz CT molecular complexity index is 376. The van der Waals surface area contributed by atoms with Crippen molar-refractivity contribution in [3.63, 3.8) is 0 Å². The maximum absolute atomic E-state index is 12.0. The fourth-order valence-corrected chi connectivity index (χ4v) is 3.45.